The van der Waals surface area contributed by atoms with Gasteiger partial charge in [-0.05, 0) is 12.1 Å². The summed E-state index contributed by atoms with van der Waals surface area (Å²) in [5.41, 5.74) is 0. The van der Waals surface area contributed by atoms with E-state index in [9.17, 15) is 0 Å². The number of nitrogens with zero attached hydrogens (tertiary/aromatic N) is 3. The second-order valence-corrected chi connectivity index (χ2v) is 4.91. The first-order valence-electron chi connectivity index (χ1n) is 5.35. The van der Waals surface area contributed by atoms with E-state index in [0.29, 0.717) is 30.3 Å². The lowest BCUT2D eigenvalue weighted by atomic mass is 10.3. The molecule has 0 fully saturated rings. The summed E-state index contributed by atoms with van der Waals surface area (Å²) in [5.74, 6) is 1.72. The van der Waals surface area contributed by atoms with E-state index in [0.717, 1.165) is 9.92 Å². The number of rotatable bonds is 5. The fourth-order valence-electron chi connectivity index (χ4n) is 1.32. The first-order chi connectivity index (χ1) is 8.79. The molecule has 0 bridgehead atoms. The highest BCUT2D eigenvalue weighted by Gasteiger charge is 2.07. The lowest BCUT2D eigenvalue weighted by molar-refractivity contribution is 0.375. The summed E-state index contributed by atoms with van der Waals surface area (Å²) in [6.07, 6.45) is 0.888. The Balaban J connectivity index is 1.93. The third-order valence-corrected chi connectivity index (χ3v) is 3.67. The molecule has 0 unspecified atom stereocenters. The Labute approximate surface area is 114 Å². The second kappa shape index (κ2) is 6.43. The predicted molar refractivity (Wildman–Crippen MR) is 69.2 cm³/mol. The second-order valence-electron chi connectivity index (χ2n) is 3.48. The van der Waals surface area contributed by atoms with E-state index in [1.165, 1.54) is 0 Å². The van der Waals surface area contributed by atoms with E-state index >= 15 is 0 Å². The van der Waals surface area contributed by atoms with Crippen molar-refractivity contribution in [1.29, 1.82) is 5.26 Å². The average molecular weight is 280 g/mol. The van der Waals surface area contributed by atoms with Gasteiger partial charge in [-0.2, -0.15) is 10.2 Å². The summed E-state index contributed by atoms with van der Waals surface area (Å²) in [7, 11) is 0. The maximum atomic E-state index is 8.46. The molecule has 1 heterocycles. The van der Waals surface area contributed by atoms with Crippen LogP contribution < -0.4 is 0 Å². The molecule has 2 aromatic rings. The van der Waals surface area contributed by atoms with E-state index in [4.69, 9.17) is 21.4 Å². The Morgan fingerprint density at radius 3 is 3.00 bits per heavy atom. The molecule has 0 N–H and O–H groups in total. The van der Waals surface area contributed by atoms with Gasteiger partial charge in [0, 0.05) is 17.7 Å². The van der Waals surface area contributed by atoms with Crippen molar-refractivity contribution in [3.05, 3.63) is 41.0 Å². The van der Waals surface area contributed by atoms with E-state index in [2.05, 4.69) is 10.1 Å². The molecule has 0 spiro atoms. The molecule has 0 radical (unpaired) electrons. The van der Waals surface area contributed by atoms with Crippen LogP contribution >= 0.6 is 23.4 Å². The molecule has 2 rings (SSSR count). The summed E-state index contributed by atoms with van der Waals surface area (Å²) in [4.78, 5) is 5.19. The van der Waals surface area contributed by atoms with Gasteiger partial charge in [0.1, 0.15) is 0 Å². The lowest BCUT2D eigenvalue weighted by Gasteiger charge is -2.00. The number of aryl methyl sites for hydroxylation is 1. The van der Waals surface area contributed by atoms with Crippen molar-refractivity contribution in [3.63, 3.8) is 0 Å². The van der Waals surface area contributed by atoms with E-state index in [1.807, 2.05) is 30.3 Å². The quantitative estimate of drug-likeness (QED) is 0.784. The average Bonchev–Trinajstić information content (AvgIpc) is 2.83. The Morgan fingerprint density at radius 1 is 1.39 bits per heavy atom. The molecule has 0 aliphatic carbocycles. The van der Waals surface area contributed by atoms with Gasteiger partial charge in [-0.3, -0.25) is 0 Å². The molecule has 0 atom stereocenters. The van der Waals surface area contributed by atoms with Gasteiger partial charge in [-0.15, -0.1) is 11.8 Å². The van der Waals surface area contributed by atoms with Crippen LogP contribution in [0, 0.1) is 11.3 Å². The maximum absolute atomic E-state index is 8.46. The molecule has 0 saturated carbocycles. The first-order valence-corrected chi connectivity index (χ1v) is 6.71. The molecule has 4 nitrogen and oxygen atoms in total. The number of nitriles is 1. The minimum absolute atomic E-state index is 0.388. The third-order valence-electron chi connectivity index (χ3n) is 2.15. The summed E-state index contributed by atoms with van der Waals surface area (Å²) >= 11 is 7.60. The molecule has 1 aromatic heterocycles. The normalized spacial score (nSPS) is 10.2. The van der Waals surface area contributed by atoms with Crippen molar-refractivity contribution >= 4 is 23.4 Å². The number of aromatic nitrogens is 2. The Morgan fingerprint density at radius 2 is 2.22 bits per heavy atom. The zero-order valence-corrected chi connectivity index (χ0v) is 11.0. The van der Waals surface area contributed by atoms with Gasteiger partial charge in [0.2, 0.25) is 5.89 Å². The van der Waals surface area contributed by atoms with Crippen LogP contribution in [0.4, 0.5) is 0 Å². The van der Waals surface area contributed by atoms with Crippen LogP contribution in [-0.4, -0.2) is 10.1 Å². The van der Waals surface area contributed by atoms with E-state index < -0.39 is 0 Å². The molecule has 0 aliphatic rings. The van der Waals surface area contributed by atoms with Crippen molar-refractivity contribution in [1.82, 2.24) is 10.1 Å². The van der Waals surface area contributed by atoms with E-state index in [1.54, 1.807) is 11.8 Å². The van der Waals surface area contributed by atoms with Crippen molar-refractivity contribution < 1.29 is 4.52 Å². The smallest absolute Gasteiger partial charge is 0.227 e. The molecule has 6 heteroatoms. The molecule has 92 valence electrons. The molecular formula is C12H10ClN3OS. The molecule has 0 aliphatic heterocycles. The van der Waals surface area contributed by atoms with Crippen LogP contribution in [0.5, 0.6) is 0 Å². The first kappa shape index (κ1) is 12.9. The van der Waals surface area contributed by atoms with Crippen LogP contribution in [0.15, 0.2) is 33.7 Å². The van der Waals surface area contributed by atoms with Gasteiger partial charge < -0.3 is 4.52 Å². The van der Waals surface area contributed by atoms with Gasteiger partial charge in [-0.25, -0.2) is 0 Å². The molecule has 1 aromatic carbocycles. The SMILES string of the molecule is N#CCCc1nc(CSc2ccccc2Cl)no1. The highest BCUT2D eigenvalue weighted by atomic mass is 35.5. The van der Waals surface area contributed by atoms with Gasteiger partial charge >= 0.3 is 0 Å². The van der Waals surface area contributed by atoms with Crippen molar-refractivity contribution in [2.75, 3.05) is 0 Å². The fourth-order valence-corrected chi connectivity index (χ4v) is 2.40. The highest BCUT2D eigenvalue weighted by Crippen LogP contribution is 2.28. The summed E-state index contributed by atoms with van der Waals surface area (Å²) in [6.45, 7) is 0. The minimum atomic E-state index is 0.388. The lowest BCUT2D eigenvalue weighted by Crippen LogP contribution is -1.87. The number of halogens is 1. The zero-order chi connectivity index (χ0) is 12.8. The largest absolute Gasteiger partial charge is 0.339 e. The van der Waals surface area contributed by atoms with E-state index in [-0.39, 0.29) is 0 Å². The topological polar surface area (TPSA) is 62.7 Å². The monoisotopic (exact) mass is 279 g/mol. The zero-order valence-electron chi connectivity index (χ0n) is 9.47. The molecular weight excluding hydrogens is 270 g/mol. The van der Waals surface area contributed by atoms with Gasteiger partial charge in [0.25, 0.3) is 0 Å². The Bertz CT molecular complexity index is 564. The Hall–Kier alpha value is -1.51. The van der Waals surface area contributed by atoms with Crippen LogP contribution in [-0.2, 0) is 12.2 Å². The molecule has 18 heavy (non-hydrogen) atoms. The summed E-state index contributed by atoms with van der Waals surface area (Å²) in [5, 5.41) is 13.0. The van der Waals surface area contributed by atoms with Gasteiger partial charge in [0.05, 0.1) is 16.8 Å². The van der Waals surface area contributed by atoms with Crippen LogP contribution in [0.3, 0.4) is 0 Å². The van der Waals surface area contributed by atoms with Gasteiger partial charge in [0.15, 0.2) is 5.82 Å². The summed E-state index contributed by atoms with van der Waals surface area (Å²) in [6, 6.07) is 9.66. The maximum Gasteiger partial charge on any atom is 0.227 e. The highest BCUT2D eigenvalue weighted by molar-refractivity contribution is 7.98. The standard InChI is InChI=1S/C12H10ClN3OS/c13-9-4-1-2-5-10(9)18-8-11-15-12(17-16-11)6-3-7-14/h1-2,4-5H,3,6,8H2. The molecule has 0 amide bonds. The van der Waals surface area contributed by atoms with Crippen LogP contribution in [0.25, 0.3) is 0 Å². The number of hydrogen-bond donors (Lipinski definition) is 0. The summed E-state index contributed by atoms with van der Waals surface area (Å²) < 4.78 is 5.03. The number of hydrogen-bond acceptors (Lipinski definition) is 5. The van der Waals surface area contributed by atoms with Crippen LogP contribution in [0.2, 0.25) is 5.02 Å². The number of benzene rings is 1. The minimum Gasteiger partial charge on any atom is -0.339 e. The fraction of sp³-hybridized carbons (Fsp3) is 0.250. The van der Waals surface area contributed by atoms with Crippen LogP contribution in [0.1, 0.15) is 18.1 Å². The van der Waals surface area contributed by atoms with Crippen molar-refractivity contribution in [2.24, 2.45) is 0 Å². The predicted octanol–water partition coefficient (Wildman–Crippen LogP) is 3.47. The van der Waals surface area contributed by atoms with Gasteiger partial charge in [-0.1, -0.05) is 28.9 Å². The van der Waals surface area contributed by atoms with Crippen molar-refractivity contribution in [3.8, 4) is 6.07 Å². The third kappa shape index (κ3) is 3.49. The molecule has 0 saturated heterocycles. The Kier molecular flexibility index (Phi) is 4.62. The number of thioether (sulfide) groups is 1. The van der Waals surface area contributed by atoms with Crippen molar-refractivity contribution in [2.45, 2.75) is 23.5 Å².